The minimum absolute atomic E-state index is 0.00773. The Bertz CT molecular complexity index is 325. The molecular formula is C12H20N2O2. The standard InChI is InChI=1S/C12H20N2O2/c1-4-12(3)11(16)13-9(8-6-7-8)10(15)14(12)5-2/h8-9H,4-7H2,1-3H3,(H,13,16). The lowest BCUT2D eigenvalue weighted by Crippen LogP contribution is -2.69. The van der Waals surface area contributed by atoms with Gasteiger partial charge in [-0.25, -0.2) is 0 Å². The van der Waals surface area contributed by atoms with Crippen molar-refractivity contribution in [3.05, 3.63) is 0 Å². The van der Waals surface area contributed by atoms with Crippen molar-refractivity contribution in [2.24, 2.45) is 5.92 Å². The van der Waals surface area contributed by atoms with Crippen molar-refractivity contribution in [2.45, 2.75) is 51.6 Å². The van der Waals surface area contributed by atoms with Crippen molar-refractivity contribution in [1.29, 1.82) is 0 Å². The van der Waals surface area contributed by atoms with Crippen LogP contribution in [0.25, 0.3) is 0 Å². The summed E-state index contributed by atoms with van der Waals surface area (Å²) in [7, 11) is 0. The molecule has 0 aromatic heterocycles. The van der Waals surface area contributed by atoms with Crippen LogP contribution in [0.3, 0.4) is 0 Å². The molecule has 0 aromatic rings. The fraction of sp³-hybridized carbons (Fsp3) is 0.833. The lowest BCUT2D eigenvalue weighted by molar-refractivity contribution is -0.157. The predicted octanol–water partition coefficient (Wildman–Crippen LogP) is 0.912. The number of likely N-dealkylation sites (N-methyl/N-ethyl adjacent to an activating group) is 1. The highest BCUT2D eigenvalue weighted by Gasteiger charge is 2.51. The number of piperazine rings is 1. The average molecular weight is 224 g/mol. The third-order valence-corrected chi connectivity index (χ3v) is 4.00. The molecule has 4 nitrogen and oxygen atoms in total. The van der Waals surface area contributed by atoms with Gasteiger partial charge in [-0.3, -0.25) is 9.59 Å². The maximum Gasteiger partial charge on any atom is 0.246 e. The molecule has 2 aliphatic rings. The highest BCUT2D eigenvalue weighted by Crippen LogP contribution is 2.37. The van der Waals surface area contributed by atoms with Crippen LogP contribution in [0.15, 0.2) is 0 Å². The van der Waals surface area contributed by atoms with Gasteiger partial charge in [0.25, 0.3) is 0 Å². The van der Waals surface area contributed by atoms with E-state index in [1.165, 1.54) is 0 Å². The largest absolute Gasteiger partial charge is 0.342 e. The zero-order chi connectivity index (χ0) is 11.9. The van der Waals surface area contributed by atoms with Gasteiger partial charge in [0.2, 0.25) is 11.8 Å². The molecule has 0 aromatic carbocycles. The molecule has 1 saturated heterocycles. The lowest BCUT2D eigenvalue weighted by atomic mass is 9.89. The van der Waals surface area contributed by atoms with Crippen LogP contribution in [0, 0.1) is 5.92 Å². The summed E-state index contributed by atoms with van der Waals surface area (Å²) in [4.78, 5) is 26.1. The van der Waals surface area contributed by atoms with Crippen molar-refractivity contribution in [3.63, 3.8) is 0 Å². The smallest absolute Gasteiger partial charge is 0.246 e. The second kappa shape index (κ2) is 3.75. The van der Waals surface area contributed by atoms with E-state index in [2.05, 4.69) is 5.32 Å². The molecular weight excluding hydrogens is 204 g/mol. The third-order valence-electron chi connectivity index (χ3n) is 4.00. The van der Waals surface area contributed by atoms with Crippen molar-refractivity contribution < 1.29 is 9.59 Å². The molecule has 16 heavy (non-hydrogen) atoms. The molecule has 2 rings (SSSR count). The van der Waals surface area contributed by atoms with Gasteiger partial charge in [0.1, 0.15) is 11.6 Å². The quantitative estimate of drug-likeness (QED) is 0.774. The number of rotatable bonds is 3. The summed E-state index contributed by atoms with van der Waals surface area (Å²) in [5.41, 5.74) is -0.656. The van der Waals surface area contributed by atoms with Gasteiger partial charge in [0.05, 0.1) is 0 Å². The van der Waals surface area contributed by atoms with Crippen molar-refractivity contribution in [2.75, 3.05) is 6.54 Å². The minimum atomic E-state index is -0.656. The van der Waals surface area contributed by atoms with Crippen LogP contribution in [0.4, 0.5) is 0 Å². The summed E-state index contributed by atoms with van der Waals surface area (Å²) in [5, 5.41) is 2.90. The first-order chi connectivity index (χ1) is 7.54. The molecule has 1 aliphatic heterocycles. The van der Waals surface area contributed by atoms with Gasteiger partial charge < -0.3 is 10.2 Å². The van der Waals surface area contributed by atoms with E-state index in [0.29, 0.717) is 18.9 Å². The van der Waals surface area contributed by atoms with E-state index in [0.717, 1.165) is 12.8 Å². The molecule has 1 saturated carbocycles. The summed E-state index contributed by atoms with van der Waals surface area (Å²) >= 11 is 0. The van der Waals surface area contributed by atoms with Gasteiger partial charge in [-0.2, -0.15) is 0 Å². The Hall–Kier alpha value is -1.06. The topological polar surface area (TPSA) is 49.4 Å². The van der Waals surface area contributed by atoms with E-state index in [1.54, 1.807) is 4.90 Å². The van der Waals surface area contributed by atoms with Crippen LogP contribution < -0.4 is 5.32 Å². The van der Waals surface area contributed by atoms with Gasteiger partial charge in [-0.1, -0.05) is 6.92 Å². The van der Waals surface area contributed by atoms with Crippen molar-refractivity contribution in [1.82, 2.24) is 10.2 Å². The van der Waals surface area contributed by atoms with Gasteiger partial charge in [0, 0.05) is 6.54 Å². The number of nitrogens with one attached hydrogen (secondary N) is 1. The third kappa shape index (κ3) is 1.51. The molecule has 2 unspecified atom stereocenters. The molecule has 2 amide bonds. The van der Waals surface area contributed by atoms with E-state index >= 15 is 0 Å². The van der Waals surface area contributed by atoms with Gasteiger partial charge in [-0.05, 0) is 39.0 Å². The summed E-state index contributed by atoms with van der Waals surface area (Å²) in [6.07, 6.45) is 2.80. The Morgan fingerprint density at radius 3 is 2.44 bits per heavy atom. The molecule has 2 atom stereocenters. The Morgan fingerprint density at radius 2 is 2.00 bits per heavy atom. The maximum absolute atomic E-state index is 12.3. The van der Waals surface area contributed by atoms with E-state index in [-0.39, 0.29) is 17.9 Å². The Balaban J connectivity index is 2.26. The van der Waals surface area contributed by atoms with E-state index in [4.69, 9.17) is 0 Å². The molecule has 1 heterocycles. The Morgan fingerprint density at radius 1 is 1.38 bits per heavy atom. The molecule has 2 fully saturated rings. The van der Waals surface area contributed by atoms with Crippen LogP contribution in [0.2, 0.25) is 0 Å². The summed E-state index contributed by atoms with van der Waals surface area (Å²) < 4.78 is 0. The SMILES string of the molecule is CCN1C(=O)C(C2CC2)NC(=O)C1(C)CC. The molecule has 1 aliphatic carbocycles. The Labute approximate surface area is 96.4 Å². The van der Waals surface area contributed by atoms with Gasteiger partial charge in [0.15, 0.2) is 0 Å². The zero-order valence-corrected chi connectivity index (χ0v) is 10.2. The number of nitrogens with zero attached hydrogens (tertiary/aromatic N) is 1. The molecule has 0 spiro atoms. The van der Waals surface area contributed by atoms with Crippen LogP contribution in [0.5, 0.6) is 0 Å². The van der Waals surface area contributed by atoms with E-state index in [1.807, 2.05) is 20.8 Å². The number of carbonyl (C=O) groups excluding carboxylic acids is 2. The average Bonchev–Trinajstić information content (AvgIpc) is 3.08. The Kier molecular flexibility index (Phi) is 2.68. The summed E-state index contributed by atoms with van der Waals surface area (Å²) in [6, 6.07) is -0.257. The first-order valence-corrected chi connectivity index (χ1v) is 6.17. The minimum Gasteiger partial charge on any atom is -0.342 e. The normalized spacial score (nSPS) is 35.2. The second-order valence-corrected chi connectivity index (χ2v) is 5.00. The molecule has 0 bridgehead atoms. The highest BCUT2D eigenvalue weighted by molar-refractivity contribution is 5.99. The molecule has 0 radical (unpaired) electrons. The number of hydrogen-bond acceptors (Lipinski definition) is 2. The zero-order valence-electron chi connectivity index (χ0n) is 10.2. The maximum atomic E-state index is 12.3. The monoisotopic (exact) mass is 224 g/mol. The summed E-state index contributed by atoms with van der Waals surface area (Å²) in [6.45, 7) is 6.36. The van der Waals surface area contributed by atoms with E-state index in [9.17, 15) is 9.59 Å². The lowest BCUT2D eigenvalue weighted by Gasteiger charge is -2.45. The van der Waals surface area contributed by atoms with Crippen molar-refractivity contribution in [3.8, 4) is 0 Å². The highest BCUT2D eigenvalue weighted by atomic mass is 16.2. The van der Waals surface area contributed by atoms with Gasteiger partial charge >= 0.3 is 0 Å². The number of hydrogen-bond donors (Lipinski definition) is 1. The van der Waals surface area contributed by atoms with E-state index < -0.39 is 5.54 Å². The molecule has 4 heteroatoms. The number of carbonyl (C=O) groups is 2. The van der Waals surface area contributed by atoms with Crippen LogP contribution >= 0.6 is 0 Å². The second-order valence-electron chi connectivity index (χ2n) is 5.00. The molecule has 1 N–H and O–H groups in total. The first kappa shape index (κ1) is 11.4. The van der Waals surface area contributed by atoms with Gasteiger partial charge in [-0.15, -0.1) is 0 Å². The van der Waals surface area contributed by atoms with Crippen molar-refractivity contribution >= 4 is 11.8 Å². The first-order valence-electron chi connectivity index (χ1n) is 6.17. The fourth-order valence-corrected chi connectivity index (χ4v) is 2.50. The predicted molar refractivity (Wildman–Crippen MR) is 60.7 cm³/mol. The molecule has 90 valence electrons. The van der Waals surface area contributed by atoms with Crippen LogP contribution in [-0.2, 0) is 9.59 Å². The van der Waals surface area contributed by atoms with Crippen LogP contribution in [-0.4, -0.2) is 34.8 Å². The van der Waals surface area contributed by atoms with Crippen LogP contribution in [0.1, 0.15) is 40.0 Å². The fourth-order valence-electron chi connectivity index (χ4n) is 2.50. The summed E-state index contributed by atoms with van der Waals surface area (Å²) in [5.74, 6) is 0.495. The number of amides is 2.